The molecule has 0 bridgehead atoms. The number of allylic oxidation sites excluding steroid dienone is 2. The van der Waals surface area contributed by atoms with Gasteiger partial charge >= 0.3 is 5.97 Å². The molecule has 34 heavy (non-hydrogen) atoms. The average molecular weight is 473 g/mol. The number of carbonyl (C=O) groups is 1. The van der Waals surface area contributed by atoms with Gasteiger partial charge in [-0.05, 0) is 103 Å². The summed E-state index contributed by atoms with van der Waals surface area (Å²) < 4.78 is 0. The van der Waals surface area contributed by atoms with Crippen LogP contribution in [0.5, 0.6) is 0 Å². The lowest BCUT2D eigenvalue weighted by Crippen LogP contribution is -2.67. The number of carboxylic acid groups (broad SMARTS) is 1. The molecule has 2 unspecified atom stereocenters. The van der Waals surface area contributed by atoms with E-state index in [1.165, 1.54) is 5.57 Å². The lowest BCUT2D eigenvalue weighted by Gasteiger charge is -2.71. The highest BCUT2D eigenvalue weighted by Gasteiger charge is 2.70. The fourth-order valence-electron chi connectivity index (χ4n) is 11.0. The molecule has 11 atom stereocenters. The Morgan fingerprint density at radius 3 is 2.26 bits per heavy atom. The van der Waals surface area contributed by atoms with Gasteiger partial charge in [0.2, 0.25) is 0 Å². The summed E-state index contributed by atoms with van der Waals surface area (Å²) >= 11 is 0. The third-order valence-electron chi connectivity index (χ3n) is 13.4. The van der Waals surface area contributed by atoms with Crippen LogP contribution >= 0.6 is 0 Å². The van der Waals surface area contributed by atoms with Crippen molar-refractivity contribution in [2.75, 3.05) is 0 Å². The molecule has 4 heteroatoms. The van der Waals surface area contributed by atoms with Gasteiger partial charge in [0.15, 0.2) is 0 Å². The third-order valence-corrected chi connectivity index (χ3v) is 13.4. The van der Waals surface area contributed by atoms with Crippen LogP contribution in [-0.2, 0) is 4.79 Å². The minimum Gasteiger partial charge on any atom is -0.481 e. The van der Waals surface area contributed by atoms with E-state index in [4.69, 9.17) is 0 Å². The van der Waals surface area contributed by atoms with Crippen LogP contribution in [0, 0.1) is 56.7 Å². The monoisotopic (exact) mass is 472 g/mol. The quantitative estimate of drug-likeness (QED) is 0.405. The number of hydrogen-bond acceptors (Lipinski definition) is 3. The summed E-state index contributed by atoms with van der Waals surface area (Å²) in [4.78, 5) is 12.8. The molecule has 5 rings (SSSR count). The summed E-state index contributed by atoms with van der Waals surface area (Å²) in [5.74, 6) is 1.30. The zero-order valence-corrected chi connectivity index (χ0v) is 22.5. The van der Waals surface area contributed by atoms with Crippen molar-refractivity contribution < 1.29 is 20.1 Å². The summed E-state index contributed by atoms with van der Waals surface area (Å²) in [6.45, 7) is 16.3. The summed E-state index contributed by atoms with van der Waals surface area (Å²) in [6, 6.07) is 0. The third kappa shape index (κ3) is 2.76. The first-order valence-electron chi connectivity index (χ1n) is 14.0. The van der Waals surface area contributed by atoms with E-state index in [2.05, 4.69) is 54.5 Å². The van der Waals surface area contributed by atoms with Crippen molar-refractivity contribution in [1.29, 1.82) is 0 Å². The molecule has 0 aliphatic heterocycles. The highest BCUT2D eigenvalue weighted by molar-refractivity contribution is 5.76. The second-order valence-corrected chi connectivity index (χ2v) is 14.6. The van der Waals surface area contributed by atoms with Crippen molar-refractivity contribution in [2.45, 2.75) is 112 Å². The topological polar surface area (TPSA) is 77.8 Å². The lowest BCUT2D eigenvalue weighted by molar-refractivity contribution is -0.232. The first-order chi connectivity index (χ1) is 15.7. The van der Waals surface area contributed by atoms with Crippen LogP contribution in [0.1, 0.15) is 99.8 Å². The van der Waals surface area contributed by atoms with Gasteiger partial charge in [-0.3, -0.25) is 4.79 Å². The van der Waals surface area contributed by atoms with Crippen LogP contribution in [0.15, 0.2) is 11.6 Å². The van der Waals surface area contributed by atoms with Gasteiger partial charge in [0.25, 0.3) is 0 Å². The van der Waals surface area contributed by atoms with Crippen molar-refractivity contribution in [1.82, 2.24) is 0 Å². The molecule has 5 aliphatic rings. The van der Waals surface area contributed by atoms with E-state index in [9.17, 15) is 20.1 Å². The smallest absolute Gasteiger partial charge is 0.310 e. The second kappa shape index (κ2) is 7.34. The van der Waals surface area contributed by atoms with Gasteiger partial charge in [-0.2, -0.15) is 0 Å². The van der Waals surface area contributed by atoms with E-state index >= 15 is 0 Å². The lowest BCUT2D eigenvalue weighted by atomic mass is 9.33. The van der Waals surface area contributed by atoms with Crippen molar-refractivity contribution in [3.05, 3.63) is 11.6 Å². The molecule has 0 saturated heterocycles. The normalized spacial score (nSPS) is 56.3. The van der Waals surface area contributed by atoms with Crippen LogP contribution < -0.4 is 0 Å². The van der Waals surface area contributed by atoms with Crippen LogP contribution in [0.3, 0.4) is 0 Å². The number of aliphatic hydroxyl groups excluding tert-OH is 2. The van der Waals surface area contributed by atoms with E-state index in [0.717, 1.165) is 44.9 Å². The van der Waals surface area contributed by atoms with Gasteiger partial charge < -0.3 is 15.3 Å². The van der Waals surface area contributed by atoms with Gasteiger partial charge in [-0.15, -0.1) is 0 Å². The van der Waals surface area contributed by atoms with E-state index in [1.807, 2.05) is 0 Å². The molecule has 4 fully saturated rings. The molecule has 0 amide bonds. The maximum absolute atomic E-state index is 12.8. The Hall–Kier alpha value is -0.870. The maximum Gasteiger partial charge on any atom is 0.310 e. The Labute approximate surface area is 206 Å². The van der Waals surface area contributed by atoms with Crippen molar-refractivity contribution >= 4 is 5.97 Å². The molecule has 192 valence electrons. The first-order valence-corrected chi connectivity index (χ1v) is 14.0. The summed E-state index contributed by atoms with van der Waals surface area (Å²) in [5, 5.41) is 32.4. The summed E-state index contributed by atoms with van der Waals surface area (Å²) in [7, 11) is 0. The van der Waals surface area contributed by atoms with Gasteiger partial charge in [0.05, 0.1) is 17.6 Å². The van der Waals surface area contributed by atoms with Crippen molar-refractivity contribution in [2.24, 2.45) is 56.7 Å². The predicted molar refractivity (Wildman–Crippen MR) is 134 cm³/mol. The van der Waals surface area contributed by atoms with Crippen molar-refractivity contribution in [3.63, 3.8) is 0 Å². The van der Waals surface area contributed by atoms with Crippen molar-refractivity contribution in [3.8, 4) is 0 Å². The van der Waals surface area contributed by atoms with Gasteiger partial charge in [-0.25, -0.2) is 0 Å². The molecular weight excluding hydrogens is 424 g/mol. The molecule has 4 nitrogen and oxygen atoms in total. The fourth-order valence-corrected chi connectivity index (χ4v) is 11.0. The minimum absolute atomic E-state index is 0.00993. The van der Waals surface area contributed by atoms with E-state index in [-0.39, 0.29) is 27.6 Å². The molecular formula is C30H48O4. The minimum atomic E-state index is -0.679. The van der Waals surface area contributed by atoms with E-state index in [0.29, 0.717) is 30.1 Å². The van der Waals surface area contributed by atoms with Gasteiger partial charge in [-0.1, -0.05) is 60.1 Å². The summed E-state index contributed by atoms with van der Waals surface area (Å²) in [6.07, 6.45) is 8.53. The average Bonchev–Trinajstić information content (AvgIpc) is 2.75. The molecule has 0 aromatic rings. The number of carboxylic acids is 1. The highest BCUT2D eigenvalue weighted by Crippen LogP contribution is 2.75. The molecule has 3 N–H and O–H groups in total. The number of aliphatic hydroxyl groups is 2. The highest BCUT2D eigenvalue weighted by atomic mass is 16.4. The second-order valence-electron chi connectivity index (χ2n) is 14.6. The van der Waals surface area contributed by atoms with E-state index in [1.54, 1.807) is 0 Å². The number of aliphatic carboxylic acids is 1. The zero-order chi connectivity index (χ0) is 25.1. The number of rotatable bonds is 1. The number of hydrogen-bond donors (Lipinski definition) is 3. The predicted octanol–water partition coefficient (Wildman–Crippen LogP) is 6.06. The van der Waals surface area contributed by atoms with Gasteiger partial charge in [0.1, 0.15) is 0 Å². The molecule has 5 aliphatic carbocycles. The maximum atomic E-state index is 12.8. The molecule has 0 spiro atoms. The Morgan fingerprint density at radius 1 is 0.941 bits per heavy atom. The standard InChI is InChI=1S/C30H48O4/c1-17-10-13-30(25(33)34)15-14-28(6)19(23(30)18(17)2)8-9-22-27(5)16-20(31)24(32)26(3,4)21(27)11-12-29(22,28)7/h8,17-18,20-24,31-32H,9-16H2,1-7H3,(H,33,34)/t17-,18+,20?,21?,22-,23+,24+,27+,28-,29-,30+/m1/s1. The largest absolute Gasteiger partial charge is 0.481 e. The van der Waals surface area contributed by atoms with Gasteiger partial charge in [0, 0.05) is 0 Å². The summed E-state index contributed by atoms with van der Waals surface area (Å²) in [5.41, 5.74) is 0.574. The van der Waals surface area contributed by atoms with Crippen LogP contribution in [0.2, 0.25) is 0 Å². The van der Waals surface area contributed by atoms with Crippen LogP contribution in [0.25, 0.3) is 0 Å². The molecule has 0 aromatic carbocycles. The molecule has 0 radical (unpaired) electrons. The molecule has 0 aromatic heterocycles. The molecule has 0 heterocycles. The van der Waals surface area contributed by atoms with Crippen LogP contribution in [-0.4, -0.2) is 33.5 Å². The Balaban J connectivity index is 1.62. The Bertz CT molecular complexity index is 907. The first kappa shape index (κ1) is 24.8. The van der Waals surface area contributed by atoms with E-state index < -0.39 is 23.6 Å². The van der Waals surface area contributed by atoms with Crippen LogP contribution in [0.4, 0.5) is 0 Å². The SMILES string of the molecule is C[C@H]1[C@H](C)CC[C@]2(C(=O)O)CC[C@]3(C)C(=CC[C@@H]4[C@@]5(C)CC(O)[C@H](O)C(C)(C)C5CC[C@]43C)[C@H]12. The molecule has 4 saturated carbocycles. The Kier molecular flexibility index (Phi) is 5.36. The Morgan fingerprint density at radius 2 is 1.62 bits per heavy atom. The fraction of sp³-hybridized carbons (Fsp3) is 0.900. The number of fused-ring (bicyclic) bond motifs is 7. The zero-order valence-electron chi connectivity index (χ0n) is 22.5.